The molecular formula is C22H28N4O3. The van der Waals surface area contributed by atoms with Crippen LogP contribution in [0.2, 0.25) is 0 Å². The van der Waals surface area contributed by atoms with Crippen molar-refractivity contribution in [3.05, 3.63) is 47.3 Å². The second-order valence-corrected chi connectivity index (χ2v) is 7.64. The number of rotatable bonds is 4. The maximum absolute atomic E-state index is 12.7. The van der Waals surface area contributed by atoms with Crippen LogP contribution in [0.15, 0.2) is 30.5 Å². The lowest BCUT2D eigenvalue weighted by Gasteiger charge is -2.32. The van der Waals surface area contributed by atoms with Gasteiger partial charge >= 0.3 is 0 Å². The molecule has 1 fully saturated rings. The molecule has 0 N–H and O–H groups in total. The third kappa shape index (κ3) is 4.00. The van der Waals surface area contributed by atoms with Gasteiger partial charge in [-0.2, -0.15) is 0 Å². The molecule has 0 unspecified atom stereocenters. The van der Waals surface area contributed by atoms with E-state index in [-0.39, 0.29) is 5.91 Å². The highest BCUT2D eigenvalue weighted by Crippen LogP contribution is 2.34. The monoisotopic (exact) mass is 396 g/mol. The number of likely N-dealkylation sites (N-methyl/N-ethyl adjacent to an activating group) is 1. The Kier molecular flexibility index (Phi) is 5.58. The number of aromatic nitrogens is 1. The number of fused-ring (bicyclic) bond motifs is 1. The van der Waals surface area contributed by atoms with Crippen LogP contribution in [0.1, 0.15) is 21.6 Å². The summed E-state index contributed by atoms with van der Waals surface area (Å²) in [6, 6.07) is 7.97. The first kappa shape index (κ1) is 19.5. The molecule has 1 aromatic heterocycles. The van der Waals surface area contributed by atoms with E-state index in [1.54, 1.807) is 14.2 Å². The van der Waals surface area contributed by atoms with Gasteiger partial charge in [0.15, 0.2) is 11.5 Å². The van der Waals surface area contributed by atoms with Gasteiger partial charge in [-0.25, -0.2) is 4.98 Å². The first-order valence-corrected chi connectivity index (χ1v) is 10.0. The highest BCUT2D eigenvalue weighted by molar-refractivity contribution is 5.92. The molecule has 0 saturated carbocycles. The summed E-state index contributed by atoms with van der Waals surface area (Å²) < 4.78 is 10.9. The molecule has 2 aliphatic heterocycles. The minimum atomic E-state index is 0.0190. The van der Waals surface area contributed by atoms with Crippen LogP contribution in [0.25, 0.3) is 0 Å². The predicted octanol–water partition coefficient (Wildman–Crippen LogP) is 2.05. The number of benzene rings is 1. The molecule has 1 saturated heterocycles. The van der Waals surface area contributed by atoms with Crippen molar-refractivity contribution in [1.82, 2.24) is 14.8 Å². The number of ether oxygens (including phenoxy) is 2. The number of carbonyl (C=O) groups is 1. The molecule has 0 radical (unpaired) electrons. The highest BCUT2D eigenvalue weighted by Gasteiger charge is 2.23. The minimum absolute atomic E-state index is 0.0190. The van der Waals surface area contributed by atoms with Crippen molar-refractivity contribution >= 4 is 11.6 Å². The zero-order valence-electron chi connectivity index (χ0n) is 17.4. The van der Waals surface area contributed by atoms with Gasteiger partial charge in [0.05, 0.1) is 26.1 Å². The number of anilines is 1. The van der Waals surface area contributed by atoms with Crippen LogP contribution in [-0.2, 0) is 13.0 Å². The van der Waals surface area contributed by atoms with E-state index in [2.05, 4.69) is 34.0 Å². The van der Waals surface area contributed by atoms with E-state index in [0.717, 1.165) is 62.9 Å². The van der Waals surface area contributed by atoms with Gasteiger partial charge in [-0.05, 0) is 48.9 Å². The average Bonchev–Trinajstić information content (AvgIpc) is 2.78. The lowest BCUT2D eigenvalue weighted by atomic mass is 9.98. The van der Waals surface area contributed by atoms with Crippen molar-refractivity contribution in [1.29, 1.82) is 0 Å². The van der Waals surface area contributed by atoms with Crippen LogP contribution < -0.4 is 14.4 Å². The summed E-state index contributed by atoms with van der Waals surface area (Å²) in [5, 5.41) is 0. The second-order valence-electron chi connectivity index (χ2n) is 7.64. The van der Waals surface area contributed by atoms with E-state index in [0.29, 0.717) is 5.69 Å². The summed E-state index contributed by atoms with van der Waals surface area (Å²) in [5.74, 6) is 1.54. The fourth-order valence-electron chi connectivity index (χ4n) is 3.97. The molecule has 0 atom stereocenters. The average molecular weight is 396 g/mol. The summed E-state index contributed by atoms with van der Waals surface area (Å²) in [5.41, 5.74) is 4.06. The van der Waals surface area contributed by atoms with Gasteiger partial charge in [-0.3, -0.25) is 4.79 Å². The van der Waals surface area contributed by atoms with E-state index in [1.807, 2.05) is 23.2 Å². The summed E-state index contributed by atoms with van der Waals surface area (Å²) in [6.45, 7) is 5.01. The largest absolute Gasteiger partial charge is 0.493 e. The molecule has 0 bridgehead atoms. The van der Waals surface area contributed by atoms with Gasteiger partial charge in [0.1, 0.15) is 5.69 Å². The van der Waals surface area contributed by atoms with E-state index < -0.39 is 0 Å². The number of nitrogens with zero attached hydrogens (tertiary/aromatic N) is 4. The van der Waals surface area contributed by atoms with Gasteiger partial charge in [0, 0.05) is 39.3 Å². The van der Waals surface area contributed by atoms with Crippen LogP contribution in [0, 0.1) is 0 Å². The Bertz CT molecular complexity index is 876. The first-order chi connectivity index (χ1) is 14.1. The third-order valence-corrected chi connectivity index (χ3v) is 5.84. The number of methoxy groups -OCH3 is 2. The van der Waals surface area contributed by atoms with Gasteiger partial charge in [0.2, 0.25) is 0 Å². The Hall–Kier alpha value is -2.80. The molecule has 3 heterocycles. The van der Waals surface area contributed by atoms with E-state index in [1.165, 1.54) is 11.1 Å². The van der Waals surface area contributed by atoms with Crippen molar-refractivity contribution < 1.29 is 14.3 Å². The Balaban J connectivity index is 1.47. The van der Waals surface area contributed by atoms with Crippen LogP contribution in [0.4, 0.5) is 5.69 Å². The number of carbonyl (C=O) groups excluding carboxylic acids is 1. The zero-order chi connectivity index (χ0) is 20.4. The van der Waals surface area contributed by atoms with E-state index in [4.69, 9.17) is 9.47 Å². The Morgan fingerprint density at radius 2 is 1.66 bits per heavy atom. The van der Waals surface area contributed by atoms with Crippen molar-refractivity contribution in [3.63, 3.8) is 0 Å². The molecular weight excluding hydrogens is 368 g/mol. The Morgan fingerprint density at radius 3 is 2.28 bits per heavy atom. The standard InChI is InChI=1S/C22H28N4O3/c1-24-8-10-25(11-9-24)22(27)19-5-4-18(14-23-19)26-7-6-16-12-20(28-2)21(29-3)13-17(16)15-26/h4-5,12-14H,6-11,15H2,1-3H3. The molecule has 1 amide bonds. The maximum atomic E-state index is 12.7. The van der Waals surface area contributed by atoms with Crippen LogP contribution in [0.3, 0.4) is 0 Å². The van der Waals surface area contributed by atoms with Crippen LogP contribution in [-0.4, -0.2) is 74.7 Å². The normalized spacial score (nSPS) is 17.1. The topological polar surface area (TPSA) is 58.1 Å². The summed E-state index contributed by atoms with van der Waals surface area (Å²) in [6.07, 6.45) is 2.74. The summed E-state index contributed by atoms with van der Waals surface area (Å²) in [4.78, 5) is 23.6. The van der Waals surface area contributed by atoms with Crippen molar-refractivity contribution in [2.45, 2.75) is 13.0 Å². The molecule has 1 aromatic carbocycles. The van der Waals surface area contributed by atoms with E-state index >= 15 is 0 Å². The van der Waals surface area contributed by atoms with Crippen LogP contribution >= 0.6 is 0 Å². The molecule has 29 heavy (non-hydrogen) atoms. The minimum Gasteiger partial charge on any atom is -0.493 e. The molecule has 7 heteroatoms. The first-order valence-electron chi connectivity index (χ1n) is 10.0. The molecule has 154 valence electrons. The smallest absolute Gasteiger partial charge is 0.272 e. The molecule has 0 aliphatic carbocycles. The molecule has 7 nitrogen and oxygen atoms in total. The van der Waals surface area contributed by atoms with Crippen LogP contribution in [0.5, 0.6) is 11.5 Å². The predicted molar refractivity (Wildman–Crippen MR) is 112 cm³/mol. The zero-order valence-corrected chi connectivity index (χ0v) is 17.4. The number of amides is 1. The van der Waals surface area contributed by atoms with Crippen molar-refractivity contribution in [2.24, 2.45) is 0 Å². The van der Waals surface area contributed by atoms with Crippen molar-refractivity contribution in [2.75, 3.05) is 58.9 Å². The van der Waals surface area contributed by atoms with Gasteiger partial charge in [0.25, 0.3) is 5.91 Å². The number of hydrogen-bond donors (Lipinski definition) is 0. The molecule has 2 aliphatic rings. The maximum Gasteiger partial charge on any atom is 0.272 e. The van der Waals surface area contributed by atoms with Gasteiger partial charge in [-0.1, -0.05) is 0 Å². The number of hydrogen-bond acceptors (Lipinski definition) is 6. The molecule has 4 rings (SSSR count). The number of pyridine rings is 1. The fraction of sp³-hybridized carbons (Fsp3) is 0.455. The second kappa shape index (κ2) is 8.29. The Labute approximate surface area is 171 Å². The van der Waals surface area contributed by atoms with E-state index in [9.17, 15) is 4.79 Å². The van der Waals surface area contributed by atoms with Gasteiger partial charge < -0.3 is 24.2 Å². The third-order valence-electron chi connectivity index (χ3n) is 5.84. The fourth-order valence-corrected chi connectivity index (χ4v) is 3.97. The highest BCUT2D eigenvalue weighted by atomic mass is 16.5. The summed E-state index contributed by atoms with van der Waals surface area (Å²) in [7, 11) is 5.40. The Morgan fingerprint density at radius 1 is 0.966 bits per heavy atom. The molecule has 2 aromatic rings. The quantitative estimate of drug-likeness (QED) is 0.789. The van der Waals surface area contributed by atoms with Crippen molar-refractivity contribution in [3.8, 4) is 11.5 Å². The summed E-state index contributed by atoms with van der Waals surface area (Å²) >= 11 is 0. The lowest BCUT2D eigenvalue weighted by molar-refractivity contribution is 0.0658. The SMILES string of the molecule is COc1cc2c(cc1OC)CN(c1ccc(C(=O)N3CCN(C)CC3)nc1)CC2. The lowest BCUT2D eigenvalue weighted by Crippen LogP contribution is -2.47. The van der Waals surface area contributed by atoms with Gasteiger partial charge in [-0.15, -0.1) is 0 Å². The number of piperazine rings is 1. The molecule has 0 spiro atoms.